The number of rotatable bonds is 3. The Morgan fingerprint density at radius 3 is 2.00 bits per heavy atom. The van der Waals surface area contributed by atoms with Gasteiger partial charge in [0.05, 0.1) is 18.3 Å². The zero-order valence-electron chi connectivity index (χ0n) is 11.1. The average molecular weight is 240 g/mol. The summed E-state index contributed by atoms with van der Waals surface area (Å²) in [6, 6.07) is 0. The van der Waals surface area contributed by atoms with E-state index < -0.39 is 18.3 Å². The fourth-order valence-corrected chi connectivity index (χ4v) is 1.40. The van der Waals surface area contributed by atoms with Gasteiger partial charge in [0.15, 0.2) is 5.88 Å². The molecule has 4 N–H and O–H groups in total. The molecule has 0 saturated carbocycles. The van der Waals surface area contributed by atoms with E-state index in [9.17, 15) is 0 Å². The molecule has 0 aliphatic carbocycles. The van der Waals surface area contributed by atoms with Crippen molar-refractivity contribution in [1.82, 2.24) is 0 Å². The van der Waals surface area contributed by atoms with Gasteiger partial charge in [-0.25, -0.2) is 0 Å². The number of methoxy groups -OCH3 is 1. The van der Waals surface area contributed by atoms with Crippen LogP contribution in [0.15, 0.2) is 23.6 Å². The van der Waals surface area contributed by atoms with Crippen molar-refractivity contribution in [3.8, 4) is 0 Å². The molecular formula is C11H21BN2O3. The van der Waals surface area contributed by atoms with E-state index >= 15 is 0 Å². The maximum atomic E-state index is 5.84. The van der Waals surface area contributed by atoms with Crippen LogP contribution in [0.25, 0.3) is 0 Å². The molecule has 0 aromatic rings. The van der Waals surface area contributed by atoms with E-state index in [0.29, 0.717) is 5.47 Å². The molecule has 0 spiro atoms. The Labute approximate surface area is 103 Å². The lowest BCUT2D eigenvalue weighted by Crippen LogP contribution is -2.41. The van der Waals surface area contributed by atoms with Gasteiger partial charge >= 0.3 is 7.12 Å². The largest absolute Gasteiger partial charge is 0.496 e. The van der Waals surface area contributed by atoms with Crippen LogP contribution in [-0.4, -0.2) is 25.4 Å². The average Bonchev–Trinajstić information content (AvgIpc) is 2.44. The fourth-order valence-electron chi connectivity index (χ4n) is 1.40. The quantitative estimate of drug-likeness (QED) is 0.435. The van der Waals surface area contributed by atoms with Crippen LogP contribution in [0.3, 0.4) is 0 Å². The van der Waals surface area contributed by atoms with Crippen LogP contribution in [0.4, 0.5) is 0 Å². The predicted molar refractivity (Wildman–Crippen MR) is 67.6 cm³/mol. The van der Waals surface area contributed by atoms with Gasteiger partial charge in [0, 0.05) is 5.47 Å². The Kier molecular flexibility index (Phi) is 3.79. The van der Waals surface area contributed by atoms with Crippen molar-refractivity contribution < 1.29 is 14.0 Å². The summed E-state index contributed by atoms with van der Waals surface area (Å²) in [7, 11) is 0.961. The molecule has 1 fully saturated rings. The van der Waals surface area contributed by atoms with Crippen LogP contribution in [0, 0.1) is 0 Å². The second-order valence-corrected chi connectivity index (χ2v) is 5.01. The van der Waals surface area contributed by atoms with Gasteiger partial charge in [-0.05, 0) is 40.0 Å². The maximum absolute atomic E-state index is 5.84. The lowest BCUT2D eigenvalue weighted by atomic mass is 9.78. The van der Waals surface area contributed by atoms with Crippen LogP contribution in [0.5, 0.6) is 0 Å². The number of hydrogen-bond donors (Lipinski definition) is 2. The third-order valence-corrected chi connectivity index (χ3v) is 3.26. The molecular weight excluding hydrogens is 219 g/mol. The lowest BCUT2D eigenvalue weighted by Gasteiger charge is -2.32. The number of ether oxygens (including phenoxy) is 1. The molecule has 0 amide bonds. The molecule has 0 radical (unpaired) electrons. The second-order valence-electron chi connectivity index (χ2n) is 5.01. The highest BCUT2D eigenvalue weighted by Crippen LogP contribution is 2.38. The van der Waals surface area contributed by atoms with Crippen molar-refractivity contribution in [2.75, 3.05) is 7.11 Å². The molecule has 0 bridgehead atoms. The molecule has 0 aromatic carbocycles. The predicted octanol–water partition coefficient (Wildman–Crippen LogP) is 0.907. The summed E-state index contributed by atoms with van der Waals surface area (Å²) in [4.78, 5) is 0. The summed E-state index contributed by atoms with van der Waals surface area (Å²) >= 11 is 0. The maximum Gasteiger partial charge on any atom is 0.496 e. The Morgan fingerprint density at radius 1 is 1.18 bits per heavy atom. The summed E-state index contributed by atoms with van der Waals surface area (Å²) in [6.45, 7) is 7.91. The van der Waals surface area contributed by atoms with E-state index in [1.807, 2.05) is 27.7 Å². The van der Waals surface area contributed by atoms with Gasteiger partial charge in [0.2, 0.25) is 0 Å². The molecule has 1 saturated heterocycles. The van der Waals surface area contributed by atoms with Crippen molar-refractivity contribution in [2.45, 2.75) is 38.9 Å². The van der Waals surface area contributed by atoms with Gasteiger partial charge < -0.3 is 25.5 Å². The van der Waals surface area contributed by atoms with Crippen LogP contribution in [0.2, 0.25) is 0 Å². The molecule has 5 nitrogen and oxygen atoms in total. The third kappa shape index (κ3) is 2.76. The van der Waals surface area contributed by atoms with Gasteiger partial charge in [-0.2, -0.15) is 0 Å². The fraction of sp³-hybridized carbons (Fsp3) is 0.636. The zero-order valence-corrected chi connectivity index (χ0v) is 11.1. The van der Waals surface area contributed by atoms with Crippen molar-refractivity contribution in [2.24, 2.45) is 11.5 Å². The van der Waals surface area contributed by atoms with Gasteiger partial charge in [-0.1, -0.05) is 0 Å². The van der Waals surface area contributed by atoms with E-state index in [4.69, 9.17) is 25.5 Å². The molecule has 1 aliphatic heterocycles. The molecule has 17 heavy (non-hydrogen) atoms. The Balaban J connectivity index is 2.90. The highest BCUT2D eigenvalue weighted by Gasteiger charge is 2.52. The number of nitrogens with two attached hydrogens (primary N) is 2. The molecule has 1 heterocycles. The lowest BCUT2D eigenvalue weighted by molar-refractivity contribution is 0.00578. The minimum atomic E-state index is -0.529. The summed E-state index contributed by atoms with van der Waals surface area (Å²) < 4.78 is 16.5. The molecule has 0 aromatic heterocycles. The van der Waals surface area contributed by atoms with Crippen LogP contribution in [-0.2, 0) is 14.0 Å². The standard InChI is InChI=1S/C11H21BN2O3/c1-10(2)11(3,4)17-12(16-10)8(7-13)6-9(14)15-5/h6-7H,13-14H2,1-5H3/b8-7+,9-6+. The van der Waals surface area contributed by atoms with E-state index in [1.165, 1.54) is 13.3 Å². The van der Waals surface area contributed by atoms with E-state index in [1.54, 1.807) is 6.08 Å². The van der Waals surface area contributed by atoms with Crippen LogP contribution >= 0.6 is 0 Å². The molecule has 0 unspecified atom stereocenters. The minimum absolute atomic E-state index is 0.261. The summed E-state index contributed by atoms with van der Waals surface area (Å²) in [6.07, 6.45) is 3.01. The Hall–Kier alpha value is -1.14. The number of hydrogen-bond acceptors (Lipinski definition) is 5. The van der Waals surface area contributed by atoms with Crippen molar-refractivity contribution >= 4 is 7.12 Å². The highest BCUT2D eigenvalue weighted by atomic mass is 16.7. The van der Waals surface area contributed by atoms with Gasteiger partial charge in [-0.3, -0.25) is 0 Å². The van der Waals surface area contributed by atoms with Crippen molar-refractivity contribution in [3.05, 3.63) is 23.6 Å². The van der Waals surface area contributed by atoms with Gasteiger partial charge in [0.25, 0.3) is 0 Å². The van der Waals surface area contributed by atoms with E-state index in [2.05, 4.69) is 0 Å². The first-order chi connectivity index (χ1) is 7.73. The van der Waals surface area contributed by atoms with Gasteiger partial charge in [-0.15, -0.1) is 0 Å². The SMILES string of the molecule is CO/C(N)=C/C(=C\N)B1OC(C)(C)C(C)(C)O1. The summed E-state index contributed by atoms with van der Waals surface area (Å²) in [5.74, 6) is 0.261. The molecule has 6 heteroatoms. The van der Waals surface area contributed by atoms with Crippen molar-refractivity contribution in [1.29, 1.82) is 0 Å². The first-order valence-corrected chi connectivity index (χ1v) is 5.52. The zero-order chi connectivity index (χ0) is 13.3. The highest BCUT2D eigenvalue weighted by molar-refractivity contribution is 6.55. The molecule has 1 aliphatic rings. The van der Waals surface area contributed by atoms with Crippen LogP contribution in [0.1, 0.15) is 27.7 Å². The van der Waals surface area contributed by atoms with Crippen LogP contribution < -0.4 is 11.5 Å². The monoisotopic (exact) mass is 240 g/mol. The normalized spacial score (nSPS) is 23.9. The third-order valence-electron chi connectivity index (χ3n) is 3.26. The summed E-state index contributed by atoms with van der Waals surface area (Å²) in [5, 5.41) is 0. The topological polar surface area (TPSA) is 79.7 Å². The second kappa shape index (κ2) is 4.62. The first-order valence-electron chi connectivity index (χ1n) is 5.52. The summed E-state index contributed by atoms with van der Waals surface area (Å²) in [5.41, 5.74) is 11.0. The Bertz CT molecular complexity index is 335. The Morgan fingerprint density at radius 2 is 1.65 bits per heavy atom. The van der Waals surface area contributed by atoms with Crippen molar-refractivity contribution in [3.63, 3.8) is 0 Å². The van der Waals surface area contributed by atoms with Gasteiger partial charge in [0.1, 0.15) is 0 Å². The number of allylic oxidation sites excluding steroid dienone is 2. The smallest absolute Gasteiger partial charge is 0.483 e. The first kappa shape index (κ1) is 13.9. The van der Waals surface area contributed by atoms with E-state index in [-0.39, 0.29) is 5.88 Å². The van der Waals surface area contributed by atoms with E-state index in [0.717, 1.165) is 0 Å². The molecule has 96 valence electrons. The molecule has 0 atom stereocenters. The minimum Gasteiger partial charge on any atom is -0.483 e. The molecule has 1 rings (SSSR count).